The lowest BCUT2D eigenvalue weighted by atomic mass is 9.93. The Morgan fingerprint density at radius 3 is 2.83 bits per heavy atom. The van der Waals surface area contributed by atoms with Crippen molar-refractivity contribution in [3.63, 3.8) is 0 Å². The second-order valence-corrected chi connectivity index (χ2v) is 7.75. The molecule has 1 saturated carbocycles. The monoisotopic (exact) mass is 407 g/mol. The van der Waals surface area contributed by atoms with Gasteiger partial charge in [-0.25, -0.2) is 4.79 Å². The highest BCUT2D eigenvalue weighted by atomic mass is 16.2. The molecule has 7 nitrogen and oxygen atoms in total. The van der Waals surface area contributed by atoms with Crippen LogP contribution in [0.25, 0.3) is 11.0 Å². The Kier molecular flexibility index (Phi) is 6.59. The summed E-state index contributed by atoms with van der Waals surface area (Å²) in [5, 5.41) is 12.3. The fourth-order valence-electron chi connectivity index (χ4n) is 3.89. The maximum atomic E-state index is 13.1. The summed E-state index contributed by atoms with van der Waals surface area (Å²) in [6, 6.07) is 10.2. The van der Waals surface area contributed by atoms with Gasteiger partial charge in [-0.05, 0) is 56.7 Å². The third-order valence-electron chi connectivity index (χ3n) is 5.75. The zero-order valence-corrected chi connectivity index (χ0v) is 17.2. The maximum absolute atomic E-state index is 13.1. The van der Waals surface area contributed by atoms with Gasteiger partial charge in [0.15, 0.2) is 0 Å². The lowest BCUT2D eigenvalue weighted by molar-refractivity contribution is 0.283. The van der Waals surface area contributed by atoms with Gasteiger partial charge in [0.2, 0.25) is 0 Å². The van der Waals surface area contributed by atoms with E-state index in [-0.39, 0.29) is 12.3 Å². The normalized spacial score (nSPS) is 14.4. The number of nitrogens with zero attached hydrogens (tertiary/aromatic N) is 4. The van der Waals surface area contributed by atoms with Gasteiger partial charge in [0.25, 0.3) is 0 Å². The minimum atomic E-state index is 0.0180. The van der Waals surface area contributed by atoms with Crippen LogP contribution in [0.2, 0.25) is 0 Å². The van der Waals surface area contributed by atoms with Crippen LogP contribution in [0.4, 0.5) is 11.4 Å². The Morgan fingerprint density at radius 2 is 2.03 bits per heavy atom. The van der Waals surface area contributed by atoms with Gasteiger partial charge in [0.05, 0.1) is 35.1 Å². The summed E-state index contributed by atoms with van der Waals surface area (Å²) in [5.41, 5.74) is 3.66. The fourth-order valence-corrected chi connectivity index (χ4v) is 3.89. The minimum Gasteiger partial charge on any atom is -0.396 e. The van der Waals surface area contributed by atoms with Gasteiger partial charge < -0.3 is 10.4 Å². The van der Waals surface area contributed by atoms with Gasteiger partial charge in [-0.2, -0.15) is 0 Å². The van der Waals surface area contributed by atoms with Gasteiger partial charge >= 0.3 is 5.69 Å². The summed E-state index contributed by atoms with van der Waals surface area (Å²) in [6.07, 6.45) is 11.4. The number of nitrogens with one attached hydrogen (secondary N) is 1. The third-order valence-corrected chi connectivity index (χ3v) is 5.75. The lowest BCUT2D eigenvalue weighted by Gasteiger charge is -2.26. The molecule has 0 saturated heterocycles. The number of benzene rings is 1. The van der Waals surface area contributed by atoms with E-state index < -0.39 is 0 Å². The van der Waals surface area contributed by atoms with E-state index >= 15 is 0 Å². The molecule has 0 atom stereocenters. The van der Waals surface area contributed by atoms with Crippen LogP contribution in [0, 0.1) is 0 Å². The van der Waals surface area contributed by atoms with E-state index in [2.05, 4.69) is 15.3 Å². The summed E-state index contributed by atoms with van der Waals surface area (Å²) in [4.78, 5) is 21.9. The summed E-state index contributed by atoms with van der Waals surface area (Å²) in [5.74, 6) is 0. The predicted octanol–water partition coefficient (Wildman–Crippen LogP) is 3.90. The van der Waals surface area contributed by atoms with Crippen LogP contribution in [-0.2, 0) is 6.54 Å². The van der Waals surface area contributed by atoms with Crippen LogP contribution in [-0.4, -0.2) is 38.6 Å². The number of aromatic nitrogens is 3. The molecule has 0 radical (unpaired) electrons. The highest BCUT2D eigenvalue weighted by molar-refractivity contribution is 5.77. The lowest BCUT2D eigenvalue weighted by Crippen LogP contribution is -2.30. The highest BCUT2D eigenvalue weighted by Crippen LogP contribution is 2.32. The molecule has 1 aromatic carbocycles. The number of imidazole rings is 1. The van der Waals surface area contributed by atoms with E-state index in [1.807, 2.05) is 34.9 Å². The first-order valence-corrected chi connectivity index (χ1v) is 10.8. The fraction of sp³-hybridized carbons (Fsp3) is 0.435. The number of aliphatic hydroxyl groups is 1. The number of hydrogen-bond donors (Lipinski definition) is 2. The quantitative estimate of drug-likeness (QED) is 0.394. The maximum Gasteiger partial charge on any atom is 0.329 e. The Hall–Kier alpha value is -2.93. The first kappa shape index (κ1) is 20.3. The molecule has 2 N–H and O–H groups in total. The number of pyridine rings is 1. The smallest absolute Gasteiger partial charge is 0.329 e. The van der Waals surface area contributed by atoms with E-state index in [0.717, 1.165) is 61.1 Å². The molecule has 1 fully saturated rings. The SMILES string of the molecule is O=c1n(CC=Nc2ccccc2NCCCCCO)c2cnccc2n1C1CCC1. The topological polar surface area (TPSA) is 84.4 Å². The standard InChI is InChI=1S/C23H29N5O2/c29-16-5-1-4-12-25-19-9-2-3-10-20(19)26-14-15-27-22-17-24-13-11-21(22)28(23(27)30)18-7-6-8-18/h2-3,9-11,13-14,17-18,25,29H,1,4-8,12,15-16H2. The number of unbranched alkanes of at least 4 members (excludes halogenated alkanes) is 2. The van der Waals surface area contributed by atoms with E-state index in [1.165, 1.54) is 6.42 Å². The summed E-state index contributed by atoms with van der Waals surface area (Å²) < 4.78 is 3.69. The Bertz CT molecular complexity index is 1060. The van der Waals surface area contributed by atoms with Crippen LogP contribution >= 0.6 is 0 Å². The molecule has 2 heterocycles. The van der Waals surface area contributed by atoms with Crippen LogP contribution in [0.15, 0.2) is 52.5 Å². The van der Waals surface area contributed by atoms with E-state index in [1.54, 1.807) is 23.2 Å². The first-order chi connectivity index (χ1) is 14.8. The van der Waals surface area contributed by atoms with Gasteiger partial charge in [-0.3, -0.25) is 19.1 Å². The van der Waals surface area contributed by atoms with Gasteiger partial charge in [0.1, 0.15) is 0 Å². The zero-order valence-electron chi connectivity index (χ0n) is 17.2. The average Bonchev–Trinajstić information content (AvgIpc) is 3.00. The zero-order chi connectivity index (χ0) is 20.8. The van der Waals surface area contributed by atoms with Crippen molar-refractivity contribution < 1.29 is 5.11 Å². The molecule has 0 amide bonds. The van der Waals surface area contributed by atoms with Crippen molar-refractivity contribution in [2.45, 2.75) is 51.1 Å². The van der Waals surface area contributed by atoms with Crippen molar-refractivity contribution in [2.75, 3.05) is 18.5 Å². The van der Waals surface area contributed by atoms with Crippen LogP contribution in [0.1, 0.15) is 44.6 Å². The van der Waals surface area contributed by atoms with E-state index in [9.17, 15) is 4.79 Å². The molecule has 3 aromatic rings. The molecule has 4 rings (SSSR count). The van der Waals surface area contributed by atoms with Crippen LogP contribution < -0.4 is 11.0 Å². The molecule has 0 bridgehead atoms. The number of aliphatic imine (C=N–C) groups is 1. The highest BCUT2D eigenvalue weighted by Gasteiger charge is 2.25. The van der Waals surface area contributed by atoms with E-state index in [4.69, 9.17) is 5.11 Å². The van der Waals surface area contributed by atoms with E-state index in [0.29, 0.717) is 12.6 Å². The third kappa shape index (κ3) is 4.31. The van der Waals surface area contributed by atoms with Crippen molar-refractivity contribution in [2.24, 2.45) is 4.99 Å². The number of rotatable bonds is 10. The molecule has 7 heteroatoms. The number of hydrogen-bond acceptors (Lipinski definition) is 5. The Labute approximate surface area is 176 Å². The van der Waals surface area contributed by atoms with Crippen molar-refractivity contribution in [1.82, 2.24) is 14.1 Å². The summed E-state index contributed by atoms with van der Waals surface area (Å²) in [6.45, 7) is 1.49. The van der Waals surface area contributed by atoms with Crippen molar-refractivity contribution in [3.05, 3.63) is 53.2 Å². The first-order valence-electron chi connectivity index (χ1n) is 10.8. The molecule has 158 valence electrons. The molecule has 0 spiro atoms. The molecular weight excluding hydrogens is 378 g/mol. The molecular formula is C23H29N5O2. The molecule has 0 aliphatic heterocycles. The summed E-state index contributed by atoms with van der Waals surface area (Å²) >= 11 is 0. The molecule has 2 aromatic heterocycles. The number of anilines is 1. The second kappa shape index (κ2) is 9.71. The molecule has 0 unspecified atom stereocenters. The van der Waals surface area contributed by atoms with Gasteiger partial charge in [-0.1, -0.05) is 12.1 Å². The van der Waals surface area contributed by atoms with Gasteiger partial charge in [0, 0.05) is 31.6 Å². The van der Waals surface area contributed by atoms with Crippen molar-refractivity contribution in [3.8, 4) is 0 Å². The second-order valence-electron chi connectivity index (χ2n) is 7.75. The van der Waals surface area contributed by atoms with Gasteiger partial charge in [-0.15, -0.1) is 0 Å². The predicted molar refractivity (Wildman–Crippen MR) is 121 cm³/mol. The average molecular weight is 408 g/mol. The van der Waals surface area contributed by atoms with Crippen LogP contribution in [0.5, 0.6) is 0 Å². The van der Waals surface area contributed by atoms with Crippen molar-refractivity contribution in [1.29, 1.82) is 0 Å². The number of aliphatic hydroxyl groups excluding tert-OH is 1. The molecule has 1 aliphatic rings. The largest absolute Gasteiger partial charge is 0.396 e. The molecule has 1 aliphatic carbocycles. The number of para-hydroxylation sites is 2. The Balaban J connectivity index is 1.50. The Morgan fingerprint density at radius 1 is 1.17 bits per heavy atom. The minimum absolute atomic E-state index is 0.0180. The molecule has 30 heavy (non-hydrogen) atoms. The van der Waals surface area contributed by atoms with Crippen LogP contribution in [0.3, 0.4) is 0 Å². The number of fused-ring (bicyclic) bond motifs is 1. The van der Waals surface area contributed by atoms with Crippen molar-refractivity contribution >= 4 is 28.6 Å². The summed E-state index contributed by atoms with van der Waals surface area (Å²) in [7, 11) is 0.